The Hall–Kier alpha value is -2.93. The van der Waals surface area contributed by atoms with E-state index >= 15 is 0 Å². The SMILES string of the molecule is CCOC(=O)Cn1c(=NC(=O)COc2ccc(C)cc2)sc2cc(C)ccc21. The number of thiazole rings is 1. The standard InChI is InChI=1S/C21H22N2O4S/c1-4-26-20(25)12-23-17-10-7-15(3)11-18(17)28-21(23)22-19(24)13-27-16-8-5-14(2)6-9-16/h5-11H,4,12-13H2,1-3H3. The van der Waals surface area contributed by atoms with Gasteiger partial charge in [-0.15, -0.1) is 0 Å². The van der Waals surface area contributed by atoms with Crippen LogP contribution < -0.4 is 9.54 Å². The van der Waals surface area contributed by atoms with Crippen LogP contribution in [-0.4, -0.2) is 29.7 Å². The maximum absolute atomic E-state index is 12.3. The predicted octanol–water partition coefficient (Wildman–Crippen LogP) is 3.39. The average molecular weight is 398 g/mol. The third kappa shape index (κ3) is 4.86. The van der Waals surface area contributed by atoms with E-state index in [1.807, 2.05) is 56.3 Å². The van der Waals surface area contributed by atoms with Gasteiger partial charge in [0.1, 0.15) is 12.3 Å². The predicted molar refractivity (Wildman–Crippen MR) is 108 cm³/mol. The van der Waals surface area contributed by atoms with Crippen molar-refractivity contribution in [1.29, 1.82) is 0 Å². The topological polar surface area (TPSA) is 69.9 Å². The molecule has 0 fully saturated rings. The Labute approximate surface area is 167 Å². The third-order valence-corrected chi connectivity index (χ3v) is 5.08. The van der Waals surface area contributed by atoms with E-state index in [4.69, 9.17) is 9.47 Å². The van der Waals surface area contributed by atoms with Gasteiger partial charge < -0.3 is 14.0 Å². The number of amides is 1. The molecule has 0 unspecified atom stereocenters. The molecule has 1 aromatic heterocycles. The lowest BCUT2D eigenvalue weighted by Gasteiger charge is -2.06. The van der Waals surface area contributed by atoms with Crippen molar-refractivity contribution in [2.75, 3.05) is 13.2 Å². The number of aromatic nitrogens is 1. The second-order valence-corrected chi connectivity index (χ2v) is 7.36. The lowest BCUT2D eigenvalue weighted by atomic mass is 10.2. The summed E-state index contributed by atoms with van der Waals surface area (Å²) in [6.45, 7) is 5.87. The van der Waals surface area contributed by atoms with E-state index in [0.29, 0.717) is 17.2 Å². The summed E-state index contributed by atoms with van der Waals surface area (Å²) >= 11 is 1.36. The van der Waals surface area contributed by atoms with E-state index in [1.54, 1.807) is 11.5 Å². The molecule has 0 saturated heterocycles. The fourth-order valence-electron chi connectivity index (χ4n) is 2.67. The molecular weight excluding hydrogens is 376 g/mol. The van der Waals surface area contributed by atoms with Gasteiger partial charge in [0, 0.05) is 0 Å². The second-order valence-electron chi connectivity index (χ2n) is 6.35. The van der Waals surface area contributed by atoms with Crippen LogP contribution in [0, 0.1) is 13.8 Å². The third-order valence-electron chi connectivity index (χ3n) is 4.03. The Kier molecular flexibility index (Phi) is 6.26. The normalized spacial score (nSPS) is 11.6. The number of aryl methyl sites for hydroxylation is 2. The van der Waals surface area contributed by atoms with E-state index in [1.165, 1.54) is 11.3 Å². The highest BCUT2D eigenvalue weighted by molar-refractivity contribution is 7.16. The molecule has 0 N–H and O–H groups in total. The number of ether oxygens (including phenoxy) is 2. The summed E-state index contributed by atoms with van der Waals surface area (Å²) in [6.07, 6.45) is 0. The Morgan fingerprint density at radius 2 is 1.79 bits per heavy atom. The van der Waals surface area contributed by atoms with Gasteiger partial charge >= 0.3 is 5.97 Å². The number of hydrogen-bond acceptors (Lipinski definition) is 5. The summed E-state index contributed by atoms with van der Waals surface area (Å²) in [6, 6.07) is 13.3. The highest BCUT2D eigenvalue weighted by Gasteiger charge is 2.12. The van der Waals surface area contributed by atoms with Gasteiger partial charge in [0.2, 0.25) is 0 Å². The number of carbonyl (C=O) groups is 2. The van der Waals surface area contributed by atoms with Gasteiger partial charge in [0.05, 0.1) is 16.8 Å². The minimum atomic E-state index is -0.415. The van der Waals surface area contributed by atoms with E-state index in [2.05, 4.69) is 4.99 Å². The zero-order valence-corrected chi connectivity index (χ0v) is 16.9. The molecule has 0 aliphatic rings. The van der Waals surface area contributed by atoms with Crippen molar-refractivity contribution < 1.29 is 19.1 Å². The molecule has 0 aliphatic heterocycles. The smallest absolute Gasteiger partial charge is 0.326 e. The first kappa shape index (κ1) is 19.8. The largest absolute Gasteiger partial charge is 0.484 e. The Balaban J connectivity index is 1.87. The number of nitrogens with zero attached hydrogens (tertiary/aromatic N) is 2. The van der Waals surface area contributed by atoms with Crippen molar-refractivity contribution >= 4 is 33.4 Å². The number of fused-ring (bicyclic) bond motifs is 1. The maximum atomic E-state index is 12.3. The zero-order valence-electron chi connectivity index (χ0n) is 16.1. The first-order chi connectivity index (χ1) is 13.5. The summed E-state index contributed by atoms with van der Waals surface area (Å²) in [4.78, 5) is 29.0. The number of hydrogen-bond donors (Lipinski definition) is 0. The molecule has 7 heteroatoms. The van der Waals surface area contributed by atoms with Crippen LogP contribution in [0.3, 0.4) is 0 Å². The van der Waals surface area contributed by atoms with Crippen LogP contribution in [0.25, 0.3) is 10.2 Å². The quantitative estimate of drug-likeness (QED) is 0.597. The van der Waals surface area contributed by atoms with Crippen LogP contribution >= 0.6 is 11.3 Å². The number of rotatable bonds is 6. The molecule has 0 atom stereocenters. The van der Waals surface area contributed by atoms with Gasteiger partial charge in [-0.25, -0.2) is 0 Å². The molecule has 0 radical (unpaired) electrons. The van der Waals surface area contributed by atoms with Gasteiger partial charge in [-0.2, -0.15) is 4.99 Å². The number of carbonyl (C=O) groups excluding carboxylic acids is 2. The molecule has 3 aromatic rings. The number of benzene rings is 2. The van der Waals surface area contributed by atoms with Crippen LogP contribution in [0.15, 0.2) is 47.5 Å². The molecular formula is C21H22N2O4S. The first-order valence-electron chi connectivity index (χ1n) is 8.99. The fourth-order valence-corrected chi connectivity index (χ4v) is 3.82. The fraction of sp³-hybridized carbons (Fsp3) is 0.286. The molecule has 0 aliphatic carbocycles. The van der Waals surface area contributed by atoms with Crippen LogP contribution in [0.5, 0.6) is 5.75 Å². The van der Waals surface area contributed by atoms with E-state index in [-0.39, 0.29) is 19.1 Å². The van der Waals surface area contributed by atoms with Crippen molar-refractivity contribution in [3.63, 3.8) is 0 Å². The molecule has 3 rings (SSSR count). The molecule has 2 aromatic carbocycles. The van der Waals surface area contributed by atoms with Gasteiger partial charge in [0.25, 0.3) is 5.91 Å². The first-order valence-corrected chi connectivity index (χ1v) is 9.80. The molecule has 1 heterocycles. The molecule has 0 saturated carbocycles. The van der Waals surface area contributed by atoms with Crippen LogP contribution in [-0.2, 0) is 20.9 Å². The van der Waals surface area contributed by atoms with Gasteiger partial charge in [-0.05, 0) is 50.6 Å². The molecule has 0 bridgehead atoms. The summed E-state index contributed by atoms with van der Waals surface area (Å²) in [5.74, 6) is -0.172. The van der Waals surface area contributed by atoms with Crippen molar-refractivity contribution in [2.45, 2.75) is 27.3 Å². The summed E-state index contributed by atoms with van der Waals surface area (Å²) in [5, 5.41) is 0. The molecule has 0 spiro atoms. The Morgan fingerprint density at radius 1 is 1.07 bits per heavy atom. The average Bonchev–Trinajstić information content (AvgIpc) is 2.97. The van der Waals surface area contributed by atoms with Gasteiger partial charge in [-0.1, -0.05) is 35.1 Å². The van der Waals surface area contributed by atoms with Crippen LogP contribution in [0.1, 0.15) is 18.1 Å². The highest BCUT2D eigenvalue weighted by Crippen LogP contribution is 2.19. The Morgan fingerprint density at radius 3 is 2.50 bits per heavy atom. The number of esters is 1. The zero-order chi connectivity index (χ0) is 20.1. The minimum absolute atomic E-state index is 0.00182. The summed E-state index contributed by atoms with van der Waals surface area (Å²) in [7, 11) is 0. The molecule has 6 nitrogen and oxygen atoms in total. The second kappa shape index (κ2) is 8.84. The minimum Gasteiger partial charge on any atom is -0.484 e. The molecule has 1 amide bonds. The van der Waals surface area contributed by atoms with E-state index in [0.717, 1.165) is 21.3 Å². The van der Waals surface area contributed by atoms with E-state index < -0.39 is 5.91 Å². The van der Waals surface area contributed by atoms with Crippen molar-refractivity contribution in [3.05, 3.63) is 58.4 Å². The molecule has 28 heavy (non-hydrogen) atoms. The van der Waals surface area contributed by atoms with Gasteiger partial charge in [-0.3, -0.25) is 9.59 Å². The van der Waals surface area contributed by atoms with Crippen molar-refractivity contribution in [1.82, 2.24) is 4.57 Å². The van der Waals surface area contributed by atoms with Crippen molar-refractivity contribution in [2.24, 2.45) is 4.99 Å². The summed E-state index contributed by atoms with van der Waals surface area (Å²) < 4.78 is 13.2. The molecule has 146 valence electrons. The highest BCUT2D eigenvalue weighted by atomic mass is 32.1. The maximum Gasteiger partial charge on any atom is 0.326 e. The van der Waals surface area contributed by atoms with E-state index in [9.17, 15) is 9.59 Å². The van der Waals surface area contributed by atoms with Gasteiger partial charge in [0.15, 0.2) is 11.4 Å². The Bertz CT molecular complexity index is 1060. The lowest BCUT2D eigenvalue weighted by molar-refractivity contribution is -0.143. The monoisotopic (exact) mass is 398 g/mol. The van der Waals surface area contributed by atoms with Crippen LogP contribution in [0.2, 0.25) is 0 Å². The van der Waals surface area contributed by atoms with Crippen LogP contribution in [0.4, 0.5) is 0 Å². The lowest BCUT2D eigenvalue weighted by Crippen LogP contribution is -2.24. The van der Waals surface area contributed by atoms with Crippen molar-refractivity contribution in [3.8, 4) is 5.75 Å². The summed E-state index contributed by atoms with van der Waals surface area (Å²) in [5.41, 5.74) is 3.05.